The van der Waals surface area contributed by atoms with Gasteiger partial charge in [-0.15, -0.1) is 0 Å². The van der Waals surface area contributed by atoms with Crippen molar-refractivity contribution in [2.75, 3.05) is 0 Å². The highest BCUT2D eigenvalue weighted by atomic mass is 16.5. The van der Waals surface area contributed by atoms with Crippen LogP contribution in [0.5, 0.6) is 0 Å². The molecule has 0 spiro atoms. The molecule has 2 aromatic heterocycles. The van der Waals surface area contributed by atoms with Crippen molar-refractivity contribution < 1.29 is 8.94 Å². The molecule has 2 aromatic rings. The Morgan fingerprint density at radius 3 is 2.58 bits per heavy atom. The standard InChI is InChI=1S/C14H19N3O2/c1-9-8-11(10(2)18-9)12-16-13(17-19-12)14(15)6-4-3-5-7-14/h8H,3-7,15H2,1-2H3. The van der Waals surface area contributed by atoms with Crippen molar-refractivity contribution in [1.82, 2.24) is 10.1 Å². The number of aryl methyl sites for hydroxylation is 2. The Bertz CT molecular complexity index is 579. The van der Waals surface area contributed by atoms with Crippen molar-refractivity contribution in [2.24, 2.45) is 5.73 Å². The Hall–Kier alpha value is -1.62. The number of rotatable bonds is 2. The lowest BCUT2D eigenvalue weighted by molar-refractivity contribution is 0.275. The van der Waals surface area contributed by atoms with Crippen LogP contribution < -0.4 is 5.73 Å². The van der Waals surface area contributed by atoms with Gasteiger partial charge in [-0.25, -0.2) is 0 Å². The first-order valence-corrected chi connectivity index (χ1v) is 6.79. The van der Waals surface area contributed by atoms with E-state index in [-0.39, 0.29) is 0 Å². The van der Waals surface area contributed by atoms with Crippen molar-refractivity contribution >= 4 is 0 Å². The molecule has 0 aliphatic heterocycles. The average molecular weight is 261 g/mol. The molecule has 2 N–H and O–H groups in total. The summed E-state index contributed by atoms with van der Waals surface area (Å²) >= 11 is 0. The van der Waals surface area contributed by atoms with Crippen molar-refractivity contribution in [3.05, 3.63) is 23.4 Å². The Balaban J connectivity index is 1.93. The third-order valence-corrected chi connectivity index (χ3v) is 3.89. The quantitative estimate of drug-likeness (QED) is 0.898. The summed E-state index contributed by atoms with van der Waals surface area (Å²) in [4.78, 5) is 4.49. The van der Waals surface area contributed by atoms with Crippen LogP contribution in [0.4, 0.5) is 0 Å². The zero-order valence-electron chi connectivity index (χ0n) is 11.4. The summed E-state index contributed by atoms with van der Waals surface area (Å²) in [5, 5.41) is 4.09. The fourth-order valence-corrected chi connectivity index (χ4v) is 2.78. The minimum atomic E-state index is -0.424. The van der Waals surface area contributed by atoms with Crippen LogP contribution in [0.3, 0.4) is 0 Å². The molecule has 19 heavy (non-hydrogen) atoms. The molecule has 0 bridgehead atoms. The van der Waals surface area contributed by atoms with E-state index < -0.39 is 5.54 Å². The summed E-state index contributed by atoms with van der Waals surface area (Å²) in [7, 11) is 0. The third kappa shape index (κ3) is 2.18. The molecule has 3 rings (SSSR count). The van der Waals surface area contributed by atoms with E-state index in [1.807, 2.05) is 19.9 Å². The van der Waals surface area contributed by atoms with E-state index in [0.29, 0.717) is 11.7 Å². The van der Waals surface area contributed by atoms with E-state index in [2.05, 4.69) is 10.1 Å². The highest BCUT2D eigenvalue weighted by Crippen LogP contribution is 2.34. The van der Waals surface area contributed by atoms with Crippen molar-refractivity contribution in [2.45, 2.75) is 51.5 Å². The maximum absolute atomic E-state index is 6.41. The highest BCUT2D eigenvalue weighted by molar-refractivity contribution is 5.56. The van der Waals surface area contributed by atoms with E-state index in [9.17, 15) is 0 Å². The van der Waals surface area contributed by atoms with Crippen molar-refractivity contribution in [1.29, 1.82) is 0 Å². The first-order valence-electron chi connectivity index (χ1n) is 6.79. The molecule has 1 aliphatic rings. The normalized spacial score (nSPS) is 18.7. The average Bonchev–Trinajstić information content (AvgIpc) is 2.97. The molecule has 0 aromatic carbocycles. The molecular weight excluding hydrogens is 242 g/mol. The van der Waals surface area contributed by atoms with Crippen LogP contribution in [0.1, 0.15) is 49.4 Å². The SMILES string of the molecule is Cc1cc(-c2nc(C3(N)CCCCC3)no2)c(C)o1. The van der Waals surface area contributed by atoms with E-state index in [4.69, 9.17) is 14.7 Å². The van der Waals surface area contributed by atoms with E-state index in [1.165, 1.54) is 6.42 Å². The van der Waals surface area contributed by atoms with Gasteiger partial charge in [0.25, 0.3) is 5.89 Å². The van der Waals surface area contributed by atoms with Gasteiger partial charge < -0.3 is 14.7 Å². The van der Waals surface area contributed by atoms with Crippen LogP contribution in [-0.2, 0) is 5.54 Å². The van der Waals surface area contributed by atoms with Gasteiger partial charge in [-0.05, 0) is 32.8 Å². The number of aromatic nitrogens is 2. The maximum Gasteiger partial charge on any atom is 0.261 e. The van der Waals surface area contributed by atoms with Gasteiger partial charge in [0.15, 0.2) is 5.82 Å². The van der Waals surface area contributed by atoms with Gasteiger partial charge in [0.1, 0.15) is 11.5 Å². The second-order valence-electron chi connectivity index (χ2n) is 5.47. The Kier molecular flexibility index (Phi) is 2.93. The van der Waals surface area contributed by atoms with Crippen molar-refractivity contribution in [3.63, 3.8) is 0 Å². The lowest BCUT2D eigenvalue weighted by Crippen LogP contribution is -2.39. The summed E-state index contributed by atoms with van der Waals surface area (Å²) in [5.74, 6) is 2.76. The first kappa shape index (κ1) is 12.4. The monoisotopic (exact) mass is 261 g/mol. The Labute approximate surface area is 112 Å². The second kappa shape index (κ2) is 4.49. The number of nitrogens with two attached hydrogens (primary N) is 1. The molecule has 0 saturated heterocycles. The minimum Gasteiger partial charge on any atom is -0.466 e. The van der Waals surface area contributed by atoms with Gasteiger partial charge in [0.05, 0.1) is 11.1 Å². The van der Waals surface area contributed by atoms with E-state index in [0.717, 1.165) is 42.8 Å². The molecule has 0 atom stereocenters. The summed E-state index contributed by atoms with van der Waals surface area (Å²) in [6, 6.07) is 1.91. The Morgan fingerprint density at radius 1 is 1.21 bits per heavy atom. The summed E-state index contributed by atoms with van der Waals surface area (Å²) in [6.07, 6.45) is 5.35. The lowest BCUT2D eigenvalue weighted by atomic mass is 9.82. The number of hydrogen-bond donors (Lipinski definition) is 1. The largest absolute Gasteiger partial charge is 0.466 e. The van der Waals surface area contributed by atoms with E-state index in [1.54, 1.807) is 0 Å². The number of nitrogens with zero attached hydrogens (tertiary/aromatic N) is 2. The molecular formula is C14H19N3O2. The number of hydrogen-bond acceptors (Lipinski definition) is 5. The third-order valence-electron chi connectivity index (χ3n) is 3.89. The Morgan fingerprint density at radius 2 is 1.95 bits per heavy atom. The van der Waals surface area contributed by atoms with Gasteiger partial charge in [-0.2, -0.15) is 4.98 Å². The summed E-state index contributed by atoms with van der Waals surface area (Å²) in [6.45, 7) is 3.80. The van der Waals surface area contributed by atoms with Crippen LogP contribution in [0.2, 0.25) is 0 Å². The zero-order valence-corrected chi connectivity index (χ0v) is 11.4. The summed E-state index contributed by atoms with van der Waals surface area (Å²) in [5.41, 5.74) is 6.84. The van der Waals surface area contributed by atoms with Crippen molar-refractivity contribution in [3.8, 4) is 11.5 Å². The molecule has 0 amide bonds. The smallest absolute Gasteiger partial charge is 0.261 e. The van der Waals surface area contributed by atoms with Gasteiger partial charge in [-0.3, -0.25) is 0 Å². The van der Waals surface area contributed by atoms with Gasteiger partial charge in [0, 0.05) is 0 Å². The molecule has 0 radical (unpaired) electrons. The topological polar surface area (TPSA) is 78.1 Å². The van der Waals surface area contributed by atoms with Gasteiger partial charge in [-0.1, -0.05) is 24.4 Å². The maximum atomic E-state index is 6.41. The molecule has 5 nitrogen and oxygen atoms in total. The molecule has 0 unspecified atom stereocenters. The number of furan rings is 1. The van der Waals surface area contributed by atoms with Crippen LogP contribution >= 0.6 is 0 Å². The van der Waals surface area contributed by atoms with Crippen LogP contribution in [0.25, 0.3) is 11.5 Å². The highest BCUT2D eigenvalue weighted by Gasteiger charge is 2.34. The zero-order chi connectivity index (χ0) is 13.5. The second-order valence-corrected chi connectivity index (χ2v) is 5.47. The molecule has 1 saturated carbocycles. The molecule has 1 aliphatic carbocycles. The lowest BCUT2D eigenvalue weighted by Gasteiger charge is -2.29. The molecule has 102 valence electrons. The molecule has 5 heteroatoms. The fraction of sp³-hybridized carbons (Fsp3) is 0.571. The summed E-state index contributed by atoms with van der Waals surface area (Å²) < 4.78 is 10.9. The van der Waals surface area contributed by atoms with Crippen LogP contribution in [0.15, 0.2) is 15.0 Å². The van der Waals surface area contributed by atoms with Crippen LogP contribution in [-0.4, -0.2) is 10.1 Å². The molecule has 2 heterocycles. The van der Waals surface area contributed by atoms with Crippen LogP contribution in [0, 0.1) is 13.8 Å². The van der Waals surface area contributed by atoms with Gasteiger partial charge in [0.2, 0.25) is 0 Å². The van der Waals surface area contributed by atoms with E-state index >= 15 is 0 Å². The molecule has 1 fully saturated rings. The van der Waals surface area contributed by atoms with Gasteiger partial charge >= 0.3 is 0 Å². The predicted molar refractivity (Wildman–Crippen MR) is 70.4 cm³/mol. The first-order chi connectivity index (χ1) is 9.08. The predicted octanol–water partition coefficient (Wildman–Crippen LogP) is 3.06. The minimum absolute atomic E-state index is 0.424. The fourth-order valence-electron chi connectivity index (χ4n) is 2.78.